The van der Waals surface area contributed by atoms with Crippen molar-refractivity contribution in [3.8, 4) is 0 Å². The molecule has 2 nitrogen and oxygen atoms in total. The molecule has 0 amide bonds. The van der Waals surface area contributed by atoms with Crippen molar-refractivity contribution in [3.63, 3.8) is 0 Å². The van der Waals surface area contributed by atoms with Crippen molar-refractivity contribution in [2.45, 2.75) is 45.6 Å². The van der Waals surface area contributed by atoms with Crippen LogP contribution in [0.15, 0.2) is 0 Å². The van der Waals surface area contributed by atoms with E-state index in [0.717, 1.165) is 26.1 Å². The summed E-state index contributed by atoms with van der Waals surface area (Å²) in [5.74, 6) is 0.956. The Kier molecular flexibility index (Phi) is 3.62. The van der Waals surface area contributed by atoms with E-state index >= 15 is 0 Å². The van der Waals surface area contributed by atoms with E-state index in [1.165, 1.54) is 0 Å². The van der Waals surface area contributed by atoms with Gasteiger partial charge in [0.05, 0.1) is 13.2 Å². The lowest BCUT2D eigenvalue weighted by Crippen LogP contribution is -2.39. The molecule has 1 aliphatic heterocycles. The Balaban J connectivity index is 1.84. The molecule has 0 radical (unpaired) electrons. The summed E-state index contributed by atoms with van der Waals surface area (Å²) in [6, 6.07) is 0. The molecule has 15 heavy (non-hydrogen) atoms. The quantitative estimate of drug-likeness (QED) is 0.671. The van der Waals surface area contributed by atoms with Gasteiger partial charge in [0.15, 0.2) is 6.29 Å². The van der Waals surface area contributed by atoms with Gasteiger partial charge in [0, 0.05) is 11.8 Å². The second-order valence-corrected chi connectivity index (χ2v) is 5.21. The van der Waals surface area contributed by atoms with Gasteiger partial charge in [-0.2, -0.15) is 0 Å². The largest absolute Gasteiger partial charge is 0.352 e. The zero-order valence-corrected chi connectivity index (χ0v) is 9.62. The summed E-state index contributed by atoms with van der Waals surface area (Å²) >= 11 is 0. The highest BCUT2D eigenvalue weighted by Crippen LogP contribution is 2.35. The van der Waals surface area contributed by atoms with Crippen LogP contribution in [0.2, 0.25) is 0 Å². The number of hydrogen-bond donors (Lipinski definition) is 0. The molecule has 1 heterocycles. The average molecular weight is 216 g/mol. The van der Waals surface area contributed by atoms with Crippen molar-refractivity contribution in [3.05, 3.63) is 0 Å². The fourth-order valence-electron chi connectivity index (χ4n) is 2.43. The van der Waals surface area contributed by atoms with Gasteiger partial charge >= 0.3 is 0 Å². The zero-order chi connectivity index (χ0) is 10.8. The first-order chi connectivity index (χ1) is 7.16. The molecule has 3 atom stereocenters. The van der Waals surface area contributed by atoms with Crippen LogP contribution in [0, 0.1) is 17.8 Å². The van der Waals surface area contributed by atoms with Crippen molar-refractivity contribution in [2.75, 3.05) is 13.2 Å². The zero-order valence-electron chi connectivity index (χ0n) is 9.62. The van der Waals surface area contributed by atoms with E-state index in [2.05, 4.69) is 6.92 Å². The monoisotopic (exact) mass is 216 g/mol. The Bertz CT molecular complexity index is 202. The maximum atomic E-state index is 13.5. The Hall–Kier alpha value is -0.150. The molecule has 0 N–H and O–H groups in total. The highest BCUT2D eigenvalue weighted by atomic mass is 19.1. The summed E-state index contributed by atoms with van der Waals surface area (Å²) in [7, 11) is 0. The van der Waals surface area contributed by atoms with Crippen LogP contribution in [0.1, 0.15) is 33.1 Å². The molecule has 3 unspecified atom stereocenters. The Morgan fingerprint density at radius 2 is 1.73 bits per heavy atom. The van der Waals surface area contributed by atoms with Crippen molar-refractivity contribution in [1.29, 1.82) is 0 Å². The highest BCUT2D eigenvalue weighted by molar-refractivity contribution is 4.80. The predicted molar refractivity (Wildman–Crippen MR) is 56.3 cm³/mol. The van der Waals surface area contributed by atoms with E-state index in [0.29, 0.717) is 12.3 Å². The summed E-state index contributed by atoms with van der Waals surface area (Å²) < 4.78 is 24.8. The highest BCUT2D eigenvalue weighted by Gasteiger charge is 2.35. The van der Waals surface area contributed by atoms with Crippen LogP contribution in [-0.4, -0.2) is 25.7 Å². The summed E-state index contributed by atoms with van der Waals surface area (Å²) in [4.78, 5) is 0. The molecule has 3 heteroatoms. The number of alkyl halides is 1. The van der Waals surface area contributed by atoms with Gasteiger partial charge in [-0.15, -0.1) is 0 Å². The lowest BCUT2D eigenvalue weighted by molar-refractivity contribution is -0.229. The van der Waals surface area contributed by atoms with Gasteiger partial charge in [-0.05, 0) is 25.2 Å². The van der Waals surface area contributed by atoms with Crippen LogP contribution < -0.4 is 0 Å². The SMILES string of the molecule is CC1COC(C2CCC(C)C(F)C2)OC1. The maximum absolute atomic E-state index is 13.5. The first-order valence-corrected chi connectivity index (χ1v) is 6.04. The average Bonchev–Trinajstić information content (AvgIpc) is 2.23. The van der Waals surface area contributed by atoms with E-state index in [-0.39, 0.29) is 18.1 Å². The molecule has 0 spiro atoms. The van der Waals surface area contributed by atoms with Gasteiger partial charge in [0.1, 0.15) is 6.17 Å². The van der Waals surface area contributed by atoms with Crippen LogP contribution >= 0.6 is 0 Å². The van der Waals surface area contributed by atoms with Crippen molar-refractivity contribution >= 4 is 0 Å². The Morgan fingerprint density at radius 1 is 1.07 bits per heavy atom. The van der Waals surface area contributed by atoms with Crippen LogP contribution in [0.4, 0.5) is 4.39 Å². The second kappa shape index (κ2) is 4.79. The molecule has 1 saturated heterocycles. The molecule has 88 valence electrons. The standard InChI is InChI=1S/C12H21FO2/c1-8-6-14-12(15-7-8)10-4-3-9(2)11(13)5-10/h8-12H,3-7H2,1-2H3. The van der Waals surface area contributed by atoms with E-state index < -0.39 is 6.17 Å². The van der Waals surface area contributed by atoms with Crippen molar-refractivity contribution < 1.29 is 13.9 Å². The first kappa shape index (κ1) is 11.3. The molecule has 1 aliphatic carbocycles. The molecule has 0 bridgehead atoms. The van der Waals surface area contributed by atoms with E-state index in [1.807, 2.05) is 6.92 Å². The second-order valence-electron chi connectivity index (χ2n) is 5.21. The van der Waals surface area contributed by atoms with Gasteiger partial charge in [0.25, 0.3) is 0 Å². The molecule has 1 saturated carbocycles. The lowest BCUT2D eigenvalue weighted by atomic mass is 9.81. The smallest absolute Gasteiger partial charge is 0.160 e. The number of hydrogen-bond acceptors (Lipinski definition) is 2. The first-order valence-electron chi connectivity index (χ1n) is 6.04. The molecule has 2 fully saturated rings. The Morgan fingerprint density at radius 3 is 2.33 bits per heavy atom. The molecule has 2 rings (SSSR count). The normalized spacial score (nSPS) is 47.8. The summed E-state index contributed by atoms with van der Waals surface area (Å²) in [6.45, 7) is 5.62. The molecule has 0 aromatic rings. The van der Waals surface area contributed by atoms with E-state index in [1.54, 1.807) is 0 Å². The van der Waals surface area contributed by atoms with Crippen LogP contribution in [0.5, 0.6) is 0 Å². The molecule has 0 aromatic heterocycles. The number of rotatable bonds is 1. The summed E-state index contributed by atoms with van der Waals surface area (Å²) in [5.41, 5.74) is 0. The van der Waals surface area contributed by atoms with Crippen molar-refractivity contribution in [1.82, 2.24) is 0 Å². The molecule has 0 aromatic carbocycles. The maximum Gasteiger partial charge on any atom is 0.160 e. The van der Waals surface area contributed by atoms with E-state index in [4.69, 9.17) is 9.47 Å². The van der Waals surface area contributed by atoms with Gasteiger partial charge in [-0.25, -0.2) is 4.39 Å². The Labute approximate surface area is 91.1 Å². The number of halogens is 1. The van der Waals surface area contributed by atoms with Gasteiger partial charge in [0.2, 0.25) is 0 Å². The van der Waals surface area contributed by atoms with Gasteiger partial charge in [-0.3, -0.25) is 0 Å². The summed E-state index contributed by atoms with van der Waals surface area (Å²) in [6.07, 6.45) is 1.80. The minimum atomic E-state index is -0.671. The fourth-order valence-corrected chi connectivity index (χ4v) is 2.43. The van der Waals surface area contributed by atoms with Gasteiger partial charge < -0.3 is 9.47 Å². The summed E-state index contributed by atoms with van der Waals surface area (Å²) in [5, 5.41) is 0. The van der Waals surface area contributed by atoms with Crippen LogP contribution in [0.25, 0.3) is 0 Å². The molecular formula is C12H21FO2. The predicted octanol–water partition coefficient (Wildman–Crippen LogP) is 2.77. The number of ether oxygens (including phenoxy) is 2. The fraction of sp³-hybridized carbons (Fsp3) is 1.00. The third-order valence-electron chi connectivity index (χ3n) is 3.61. The molecule has 2 aliphatic rings. The van der Waals surface area contributed by atoms with Crippen LogP contribution in [0.3, 0.4) is 0 Å². The third kappa shape index (κ3) is 2.70. The molecular weight excluding hydrogens is 195 g/mol. The topological polar surface area (TPSA) is 18.5 Å². The minimum Gasteiger partial charge on any atom is -0.352 e. The van der Waals surface area contributed by atoms with Crippen molar-refractivity contribution in [2.24, 2.45) is 17.8 Å². The minimum absolute atomic E-state index is 0.146. The van der Waals surface area contributed by atoms with E-state index in [9.17, 15) is 4.39 Å². The lowest BCUT2D eigenvalue weighted by Gasteiger charge is -2.37. The van der Waals surface area contributed by atoms with Gasteiger partial charge in [-0.1, -0.05) is 13.8 Å². The third-order valence-corrected chi connectivity index (χ3v) is 3.61. The van der Waals surface area contributed by atoms with Crippen LogP contribution in [-0.2, 0) is 9.47 Å².